The van der Waals surface area contributed by atoms with Crippen LogP contribution in [0.25, 0.3) is 0 Å². The summed E-state index contributed by atoms with van der Waals surface area (Å²) in [6.07, 6.45) is 0.244. The van der Waals surface area contributed by atoms with E-state index in [1.165, 1.54) is 29.5 Å². The second kappa shape index (κ2) is 5.94. The Balaban J connectivity index is 2.09. The van der Waals surface area contributed by atoms with E-state index in [-0.39, 0.29) is 18.1 Å². The fourth-order valence-corrected chi connectivity index (χ4v) is 3.28. The number of aromatic amines is 1. The van der Waals surface area contributed by atoms with Gasteiger partial charge in [-0.25, -0.2) is 4.39 Å². The molecule has 2 N–H and O–H groups in total. The van der Waals surface area contributed by atoms with Gasteiger partial charge in [-0.1, -0.05) is 0 Å². The van der Waals surface area contributed by atoms with E-state index in [1.807, 2.05) is 6.92 Å². The first-order valence-corrected chi connectivity index (χ1v) is 7.41. The Kier molecular flexibility index (Phi) is 4.49. The van der Waals surface area contributed by atoms with Crippen molar-refractivity contribution in [3.8, 4) is 0 Å². The van der Waals surface area contributed by atoms with Crippen LogP contribution >= 0.6 is 39.5 Å². The highest BCUT2D eigenvalue weighted by molar-refractivity contribution is 9.10. The topological polar surface area (TPSA) is 44.9 Å². The fraction of sp³-hybridized carbons (Fsp3) is 0.167. The number of aromatic nitrogens is 1. The smallest absolute Gasteiger partial charge is 0.229 e. The molecule has 2 aromatic rings. The number of rotatable bonds is 3. The minimum absolute atomic E-state index is 0.166. The largest absolute Gasteiger partial charge is 0.341 e. The van der Waals surface area contributed by atoms with Crippen LogP contribution in [0.4, 0.5) is 10.1 Å². The van der Waals surface area contributed by atoms with Gasteiger partial charge in [-0.15, -0.1) is 11.3 Å². The number of carbonyl (C=O) groups is 1. The molecule has 1 aromatic heterocycles. The second-order valence-electron chi connectivity index (χ2n) is 3.91. The average Bonchev–Trinajstić information content (AvgIpc) is 2.61. The molecule has 0 aliphatic rings. The molecule has 0 aliphatic heterocycles. The first kappa shape index (κ1) is 14.4. The molecule has 19 heavy (non-hydrogen) atoms. The highest BCUT2D eigenvalue weighted by atomic mass is 79.9. The highest BCUT2D eigenvalue weighted by Crippen LogP contribution is 2.23. The van der Waals surface area contributed by atoms with E-state index < -0.39 is 0 Å². The summed E-state index contributed by atoms with van der Waals surface area (Å²) < 4.78 is 14.1. The maximum atomic E-state index is 12.9. The van der Waals surface area contributed by atoms with Crippen molar-refractivity contribution in [3.63, 3.8) is 0 Å². The molecule has 0 atom stereocenters. The van der Waals surface area contributed by atoms with Crippen LogP contribution in [0.2, 0.25) is 0 Å². The summed E-state index contributed by atoms with van der Waals surface area (Å²) in [5, 5.41) is 2.73. The zero-order valence-corrected chi connectivity index (χ0v) is 13.1. The van der Waals surface area contributed by atoms with Crippen molar-refractivity contribution in [3.05, 3.63) is 43.0 Å². The second-order valence-corrected chi connectivity index (χ2v) is 6.54. The molecule has 1 aromatic carbocycles. The van der Waals surface area contributed by atoms with Crippen LogP contribution in [0.5, 0.6) is 0 Å². The molecule has 0 radical (unpaired) electrons. The summed E-state index contributed by atoms with van der Waals surface area (Å²) in [5.41, 5.74) is 1.45. The van der Waals surface area contributed by atoms with Gasteiger partial charge in [0.15, 0.2) is 3.95 Å². The molecule has 1 amide bonds. The number of benzene rings is 1. The number of nitrogens with one attached hydrogen (secondary N) is 2. The van der Waals surface area contributed by atoms with Gasteiger partial charge in [0.25, 0.3) is 0 Å². The first-order valence-electron chi connectivity index (χ1n) is 5.39. The van der Waals surface area contributed by atoms with E-state index in [9.17, 15) is 9.18 Å². The van der Waals surface area contributed by atoms with E-state index in [2.05, 4.69) is 26.2 Å². The van der Waals surface area contributed by atoms with E-state index >= 15 is 0 Å². The van der Waals surface area contributed by atoms with Crippen LogP contribution in [0.15, 0.2) is 22.7 Å². The van der Waals surface area contributed by atoms with Crippen molar-refractivity contribution in [1.82, 2.24) is 4.98 Å². The van der Waals surface area contributed by atoms with Crippen molar-refractivity contribution in [1.29, 1.82) is 0 Å². The molecule has 0 spiro atoms. The number of hydrogen-bond acceptors (Lipinski definition) is 3. The minimum Gasteiger partial charge on any atom is -0.341 e. The third kappa shape index (κ3) is 3.71. The Labute approximate surface area is 127 Å². The summed E-state index contributed by atoms with van der Waals surface area (Å²) in [5.74, 6) is -0.523. The van der Waals surface area contributed by atoms with Crippen molar-refractivity contribution < 1.29 is 9.18 Å². The van der Waals surface area contributed by atoms with Crippen LogP contribution in [0.1, 0.15) is 10.6 Å². The lowest BCUT2D eigenvalue weighted by Crippen LogP contribution is -2.14. The molecule has 0 saturated carbocycles. The minimum atomic E-state index is -0.357. The molecule has 100 valence electrons. The summed E-state index contributed by atoms with van der Waals surface area (Å²) >= 11 is 9.61. The van der Waals surface area contributed by atoms with Crippen molar-refractivity contribution in [2.75, 3.05) is 5.32 Å². The Bertz CT molecular complexity index is 681. The summed E-state index contributed by atoms with van der Waals surface area (Å²) in [7, 11) is 0. The number of halogens is 2. The Morgan fingerprint density at radius 2 is 2.32 bits per heavy atom. The van der Waals surface area contributed by atoms with E-state index in [4.69, 9.17) is 12.2 Å². The fourth-order valence-electron chi connectivity index (χ4n) is 1.54. The van der Waals surface area contributed by atoms with Crippen molar-refractivity contribution in [2.24, 2.45) is 0 Å². The number of hydrogen-bond donors (Lipinski definition) is 2. The molecule has 0 saturated heterocycles. The third-order valence-corrected chi connectivity index (χ3v) is 4.44. The molecule has 0 unspecified atom stereocenters. The van der Waals surface area contributed by atoms with Crippen LogP contribution in [-0.2, 0) is 11.2 Å². The van der Waals surface area contributed by atoms with Gasteiger partial charge in [0, 0.05) is 15.0 Å². The molecule has 0 fully saturated rings. The quantitative estimate of drug-likeness (QED) is 0.805. The third-order valence-electron chi connectivity index (χ3n) is 2.45. The maximum Gasteiger partial charge on any atom is 0.229 e. The average molecular weight is 361 g/mol. The lowest BCUT2D eigenvalue weighted by molar-refractivity contribution is -0.115. The van der Waals surface area contributed by atoms with E-state index in [1.54, 1.807) is 0 Å². The van der Waals surface area contributed by atoms with Gasteiger partial charge in [-0.05, 0) is 53.3 Å². The number of H-pyrrole nitrogens is 1. The van der Waals surface area contributed by atoms with Gasteiger partial charge in [0.05, 0.1) is 12.1 Å². The number of aryl methyl sites for hydroxylation is 1. The molecular weight excluding hydrogens is 351 g/mol. The molecule has 1 heterocycles. The van der Waals surface area contributed by atoms with Crippen molar-refractivity contribution in [2.45, 2.75) is 13.3 Å². The molecule has 0 aliphatic carbocycles. The van der Waals surface area contributed by atoms with Crippen LogP contribution in [0.3, 0.4) is 0 Å². The standard InChI is InChI=1S/C12H10BrFN2OS2/c1-6-10(19-12(18)15-6)5-11(17)16-9-3-2-7(14)4-8(9)13/h2-4H,5H2,1H3,(H,15,18)(H,16,17). The van der Waals surface area contributed by atoms with Gasteiger partial charge >= 0.3 is 0 Å². The molecule has 0 bridgehead atoms. The van der Waals surface area contributed by atoms with Crippen molar-refractivity contribution >= 4 is 51.1 Å². The summed E-state index contributed by atoms with van der Waals surface area (Å²) in [6, 6.07) is 4.12. The molecule has 3 nitrogen and oxygen atoms in total. The monoisotopic (exact) mass is 360 g/mol. The number of thiazole rings is 1. The van der Waals surface area contributed by atoms with Gasteiger partial charge in [-0.2, -0.15) is 0 Å². The summed E-state index contributed by atoms with van der Waals surface area (Å²) in [4.78, 5) is 15.8. The molecule has 7 heteroatoms. The van der Waals surface area contributed by atoms with Crippen LogP contribution in [-0.4, -0.2) is 10.9 Å². The van der Waals surface area contributed by atoms with Gasteiger partial charge < -0.3 is 10.3 Å². The van der Waals surface area contributed by atoms with E-state index in [0.29, 0.717) is 14.1 Å². The lowest BCUT2D eigenvalue weighted by atomic mass is 10.2. The Morgan fingerprint density at radius 3 is 2.89 bits per heavy atom. The first-order chi connectivity index (χ1) is 8.95. The predicted molar refractivity (Wildman–Crippen MR) is 80.7 cm³/mol. The van der Waals surface area contributed by atoms with Gasteiger partial charge in [0.1, 0.15) is 5.82 Å². The normalized spacial score (nSPS) is 10.5. The molecule has 2 rings (SSSR count). The predicted octanol–water partition coefficient (Wildman–Crippen LogP) is 4.20. The summed E-state index contributed by atoms with van der Waals surface area (Å²) in [6.45, 7) is 1.88. The Morgan fingerprint density at radius 1 is 1.58 bits per heavy atom. The lowest BCUT2D eigenvalue weighted by Gasteiger charge is -2.07. The van der Waals surface area contributed by atoms with E-state index in [0.717, 1.165) is 10.6 Å². The highest BCUT2D eigenvalue weighted by Gasteiger charge is 2.10. The van der Waals surface area contributed by atoms with Gasteiger partial charge in [0.2, 0.25) is 5.91 Å². The van der Waals surface area contributed by atoms with Gasteiger partial charge in [-0.3, -0.25) is 4.79 Å². The van der Waals surface area contributed by atoms with Crippen LogP contribution < -0.4 is 5.32 Å². The zero-order chi connectivity index (χ0) is 14.0. The van der Waals surface area contributed by atoms with Crippen LogP contribution in [0, 0.1) is 16.7 Å². The molecular formula is C12H10BrFN2OS2. The number of amides is 1. The Hall–Kier alpha value is -1.05. The number of carbonyl (C=O) groups excluding carboxylic acids is 1. The number of anilines is 1. The maximum absolute atomic E-state index is 12.9. The zero-order valence-electron chi connectivity index (χ0n) is 9.92. The SMILES string of the molecule is Cc1[nH]c(=S)sc1CC(=O)Nc1ccc(F)cc1Br.